The van der Waals surface area contributed by atoms with Crippen molar-refractivity contribution < 1.29 is 9.90 Å². The lowest BCUT2D eigenvalue weighted by atomic mass is 9.93. The van der Waals surface area contributed by atoms with Crippen LogP contribution in [0.2, 0.25) is 5.02 Å². The zero-order chi connectivity index (χ0) is 14.4. The number of amides is 2. The number of carbonyl (C=O) groups excluding carboxylic acids is 1. The van der Waals surface area contributed by atoms with E-state index in [1.807, 2.05) is 24.3 Å². The second kappa shape index (κ2) is 7.50. The fourth-order valence-electron chi connectivity index (χ4n) is 2.47. The predicted molar refractivity (Wildman–Crippen MR) is 80.0 cm³/mol. The molecule has 1 aromatic rings. The first-order valence-electron chi connectivity index (χ1n) is 7.11. The normalized spacial score (nSPS) is 22.3. The number of halogens is 1. The molecule has 0 heterocycles. The topological polar surface area (TPSA) is 61.4 Å². The molecule has 2 rings (SSSR count). The molecule has 0 radical (unpaired) electrons. The molecule has 1 aliphatic carbocycles. The maximum atomic E-state index is 11.8. The lowest BCUT2D eigenvalue weighted by Crippen LogP contribution is -2.44. The van der Waals surface area contributed by atoms with Crippen LogP contribution in [0, 0.1) is 0 Å². The summed E-state index contributed by atoms with van der Waals surface area (Å²) in [6.45, 7) is 0.560. The van der Waals surface area contributed by atoms with Crippen molar-refractivity contribution in [3.8, 4) is 0 Å². The van der Waals surface area contributed by atoms with Crippen molar-refractivity contribution >= 4 is 17.6 Å². The summed E-state index contributed by atoms with van der Waals surface area (Å²) in [5.41, 5.74) is 1.04. The fourth-order valence-corrected chi connectivity index (χ4v) is 2.70. The molecule has 4 nitrogen and oxygen atoms in total. The van der Waals surface area contributed by atoms with Gasteiger partial charge in [-0.15, -0.1) is 0 Å². The summed E-state index contributed by atoms with van der Waals surface area (Å²) in [4.78, 5) is 11.8. The summed E-state index contributed by atoms with van der Waals surface area (Å²) in [5.74, 6) is 0. The van der Waals surface area contributed by atoms with Crippen molar-refractivity contribution in [3.05, 3.63) is 34.9 Å². The number of hydrogen-bond acceptors (Lipinski definition) is 2. The molecule has 1 saturated carbocycles. The van der Waals surface area contributed by atoms with E-state index >= 15 is 0 Å². The smallest absolute Gasteiger partial charge is 0.315 e. The van der Waals surface area contributed by atoms with Gasteiger partial charge in [-0.3, -0.25) is 0 Å². The first-order chi connectivity index (χ1) is 9.65. The van der Waals surface area contributed by atoms with Crippen molar-refractivity contribution in [3.63, 3.8) is 0 Å². The minimum Gasteiger partial charge on any atom is -0.393 e. The Morgan fingerprint density at radius 2 is 1.95 bits per heavy atom. The van der Waals surface area contributed by atoms with E-state index in [2.05, 4.69) is 10.6 Å². The minimum atomic E-state index is -0.198. The molecule has 110 valence electrons. The van der Waals surface area contributed by atoms with E-state index in [-0.39, 0.29) is 18.2 Å². The Kier molecular flexibility index (Phi) is 5.68. The van der Waals surface area contributed by atoms with Gasteiger partial charge in [0, 0.05) is 17.6 Å². The SMILES string of the molecule is O=C(NCCc1ccccc1Cl)NC1CCC(O)CC1. The lowest BCUT2D eigenvalue weighted by Gasteiger charge is -2.26. The van der Waals surface area contributed by atoms with Gasteiger partial charge < -0.3 is 15.7 Å². The van der Waals surface area contributed by atoms with Crippen molar-refractivity contribution in [1.29, 1.82) is 0 Å². The van der Waals surface area contributed by atoms with E-state index in [1.54, 1.807) is 0 Å². The largest absolute Gasteiger partial charge is 0.393 e. The monoisotopic (exact) mass is 296 g/mol. The lowest BCUT2D eigenvalue weighted by molar-refractivity contribution is 0.117. The Bertz CT molecular complexity index is 445. The van der Waals surface area contributed by atoms with Gasteiger partial charge >= 0.3 is 6.03 Å². The average molecular weight is 297 g/mol. The molecule has 0 atom stereocenters. The van der Waals surface area contributed by atoms with Gasteiger partial charge in [0.05, 0.1) is 6.10 Å². The molecule has 0 aliphatic heterocycles. The summed E-state index contributed by atoms with van der Waals surface area (Å²) < 4.78 is 0. The van der Waals surface area contributed by atoms with E-state index in [0.717, 1.165) is 42.7 Å². The molecule has 0 aromatic heterocycles. The van der Waals surface area contributed by atoms with E-state index in [1.165, 1.54) is 0 Å². The second-order valence-electron chi connectivity index (χ2n) is 5.25. The summed E-state index contributed by atoms with van der Waals surface area (Å²) in [7, 11) is 0. The van der Waals surface area contributed by atoms with Gasteiger partial charge in [-0.05, 0) is 43.7 Å². The quantitative estimate of drug-likeness (QED) is 0.799. The standard InChI is InChI=1S/C15H21ClN2O2/c16-14-4-2-1-3-11(14)9-10-17-15(20)18-12-5-7-13(19)8-6-12/h1-4,12-13,19H,5-10H2,(H2,17,18,20). The van der Waals surface area contributed by atoms with Crippen LogP contribution in [0.3, 0.4) is 0 Å². The summed E-state index contributed by atoms with van der Waals surface area (Å²) in [5, 5.41) is 15.9. The zero-order valence-corrected chi connectivity index (χ0v) is 12.2. The highest BCUT2D eigenvalue weighted by molar-refractivity contribution is 6.31. The predicted octanol–water partition coefficient (Wildman–Crippen LogP) is 2.49. The molecule has 0 spiro atoms. The maximum Gasteiger partial charge on any atom is 0.315 e. The number of benzene rings is 1. The molecule has 3 N–H and O–H groups in total. The van der Waals surface area contributed by atoms with Crippen LogP contribution in [0.1, 0.15) is 31.2 Å². The summed E-state index contributed by atoms with van der Waals surface area (Å²) in [6, 6.07) is 7.68. The number of aliphatic hydroxyl groups is 1. The first kappa shape index (κ1) is 15.1. The average Bonchev–Trinajstić information content (AvgIpc) is 2.43. The van der Waals surface area contributed by atoms with E-state index in [4.69, 9.17) is 11.6 Å². The van der Waals surface area contributed by atoms with Gasteiger partial charge in [0.1, 0.15) is 0 Å². The van der Waals surface area contributed by atoms with Crippen LogP contribution in [-0.2, 0) is 6.42 Å². The minimum absolute atomic E-state index is 0.140. The van der Waals surface area contributed by atoms with Gasteiger partial charge in [-0.2, -0.15) is 0 Å². The third-order valence-corrected chi connectivity index (χ3v) is 4.04. The number of carbonyl (C=O) groups is 1. The van der Waals surface area contributed by atoms with Gasteiger partial charge in [-0.1, -0.05) is 29.8 Å². The van der Waals surface area contributed by atoms with Gasteiger partial charge in [0.25, 0.3) is 0 Å². The van der Waals surface area contributed by atoms with Crippen molar-refractivity contribution in [2.75, 3.05) is 6.54 Å². The highest BCUT2D eigenvalue weighted by Gasteiger charge is 2.20. The fraction of sp³-hybridized carbons (Fsp3) is 0.533. The van der Waals surface area contributed by atoms with E-state index in [0.29, 0.717) is 6.54 Å². The molecule has 0 unspecified atom stereocenters. The van der Waals surface area contributed by atoms with Gasteiger partial charge in [0.15, 0.2) is 0 Å². The maximum absolute atomic E-state index is 11.8. The first-order valence-corrected chi connectivity index (χ1v) is 7.49. The molecular weight excluding hydrogens is 276 g/mol. The van der Waals surface area contributed by atoms with E-state index in [9.17, 15) is 9.90 Å². The Morgan fingerprint density at radius 1 is 1.25 bits per heavy atom. The Balaban J connectivity index is 1.67. The second-order valence-corrected chi connectivity index (χ2v) is 5.65. The van der Waals surface area contributed by atoms with Crippen LogP contribution < -0.4 is 10.6 Å². The highest BCUT2D eigenvalue weighted by Crippen LogP contribution is 2.18. The van der Waals surface area contributed by atoms with Crippen LogP contribution in [-0.4, -0.2) is 29.8 Å². The van der Waals surface area contributed by atoms with Crippen LogP contribution >= 0.6 is 11.6 Å². The molecule has 0 bridgehead atoms. The summed E-state index contributed by atoms with van der Waals surface area (Å²) >= 11 is 6.06. The third-order valence-electron chi connectivity index (χ3n) is 3.67. The highest BCUT2D eigenvalue weighted by atomic mass is 35.5. The molecular formula is C15H21ClN2O2. The van der Waals surface area contributed by atoms with Crippen LogP contribution in [0.4, 0.5) is 4.79 Å². The van der Waals surface area contributed by atoms with Crippen LogP contribution in [0.25, 0.3) is 0 Å². The Morgan fingerprint density at radius 3 is 2.65 bits per heavy atom. The molecule has 20 heavy (non-hydrogen) atoms. The number of aliphatic hydroxyl groups excluding tert-OH is 1. The number of nitrogens with one attached hydrogen (secondary N) is 2. The molecule has 1 fully saturated rings. The molecule has 2 amide bonds. The summed E-state index contributed by atoms with van der Waals surface area (Å²) in [6.07, 6.45) is 3.75. The van der Waals surface area contributed by atoms with Crippen LogP contribution in [0.15, 0.2) is 24.3 Å². The van der Waals surface area contributed by atoms with Crippen molar-refractivity contribution in [2.24, 2.45) is 0 Å². The van der Waals surface area contributed by atoms with Crippen molar-refractivity contribution in [2.45, 2.75) is 44.2 Å². The van der Waals surface area contributed by atoms with E-state index < -0.39 is 0 Å². The Hall–Kier alpha value is -1.26. The van der Waals surface area contributed by atoms with Gasteiger partial charge in [0.2, 0.25) is 0 Å². The molecule has 1 aliphatic rings. The number of urea groups is 1. The molecule has 5 heteroatoms. The number of hydrogen-bond donors (Lipinski definition) is 3. The molecule has 0 saturated heterocycles. The van der Waals surface area contributed by atoms with Gasteiger partial charge in [-0.25, -0.2) is 4.79 Å². The van der Waals surface area contributed by atoms with Crippen molar-refractivity contribution in [1.82, 2.24) is 10.6 Å². The number of rotatable bonds is 4. The Labute approximate surface area is 124 Å². The van der Waals surface area contributed by atoms with Crippen LogP contribution in [0.5, 0.6) is 0 Å². The third kappa shape index (κ3) is 4.69. The zero-order valence-electron chi connectivity index (χ0n) is 11.4. The molecule has 1 aromatic carbocycles.